The van der Waals surface area contributed by atoms with Gasteiger partial charge in [0.1, 0.15) is 5.60 Å². The molecule has 2 unspecified atom stereocenters. The number of aromatic nitrogens is 1. The molecule has 2 atom stereocenters. The number of rotatable bonds is 1. The summed E-state index contributed by atoms with van der Waals surface area (Å²) in [5, 5.41) is 11.3. The Hall–Kier alpha value is -1.62. The Morgan fingerprint density at radius 3 is 2.50 bits per heavy atom. The predicted octanol–water partition coefficient (Wildman–Crippen LogP) is 3.53. The lowest BCUT2D eigenvalue weighted by molar-refractivity contribution is -0.0969. The number of carbonyl (C=O) groups is 1. The van der Waals surface area contributed by atoms with Crippen LogP contribution in [0.5, 0.6) is 0 Å². The lowest BCUT2D eigenvalue weighted by atomic mass is 9.72. The maximum atomic E-state index is 12.7. The number of amides is 1. The van der Waals surface area contributed by atoms with Crippen LogP contribution in [-0.4, -0.2) is 38.8 Å². The number of fused-ring (bicyclic) bond motifs is 2. The molecule has 0 aromatic carbocycles. The van der Waals surface area contributed by atoms with Crippen molar-refractivity contribution < 1.29 is 14.6 Å². The lowest BCUT2D eigenvalue weighted by Gasteiger charge is -2.52. The molecule has 132 valence electrons. The smallest absolute Gasteiger partial charge is 0.410 e. The molecule has 0 saturated carbocycles. The Bertz CT molecular complexity index is 609. The van der Waals surface area contributed by atoms with Crippen LogP contribution in [0.15, 0.2) is 18.3 Å². The zero-order valence-electron chi connectivity index (χ0n) is 15.1. The van der Waals surface area contributed by atoms with Gasteiger partial charge in [-0.15, -0.1) is 0 Å². The first-order valence-electron chi connectivity index (χ1n) is 8.85. The van der Waals surface area contributed by atoms with Gasteiger partial charge in [-0.05, 0) is 53.0 Å². The molecule has 1 aromatic heterocycles. The summed E-state index contributed by atoms with van der Waals surface area (Å²) in [6, 6.07) is 3.88. The Morgan fingerprint density at radius 1 is 1.33 bits per heavy atom. The van der Waals surface area contributed by atoms with Crippen molar-refractivity contribution in [2.24, 2.45) is 0 Å². The molecule has 3 heterocycles. The fourth-order valence-electron chi connectivity index (χ4n) is 4.24. The van der Waals surface area contributed by atoms with Gasteiger partial charge in [0.05, 0.1) is 5.60 Å². The van der Waals surface area contributed by atoms with Gasteiger partial charge in [-0.25, -0.2) is 4.79 Å². The zero-order chi connectivity index (χ0) is 17.5. The van der Waals surface area contributed by atoms with Crippen LogP contribution in [0.25, 0.3) is 0 Å². The SMILES string of the molecule is Cc1ncccc1C1(O)CC2CCCC(C1)N2C(=O)OC(C)(C)C. The highest BCUT2D eigenvalue weighted by Gasteiger charge is 2.49. The Kier molecular flexibility index (Phi) is 4.32. The lowest BCUT2D eigenvalue weighted by Crippen LogP contribution is -2.59. The van der Waals surface area contributed by atoms with Gasteiger partial charge in [0.2, 0.25) is 0 Å². The molecular formula is C19H28N2O3. The summed E-state index contributed by atoms with van der Waals surface area (Å²) in [4.78, 5) is 18.9. The summed E-state index contributed by atoms with van der Waals surface area (Å²) in [7, 11) is 0. The van der Waals surface area contributed by atoms with E-state index in [4.69, 9.17) is 4.74 Å². The molecule has 0 spiro atoms. The summed E-state index contributed by atoms with van der Waals surface area (Å²) in [5.41, 5.74) is 0.348. The van der Waals surface area contributed by atoms with Gasteiger partial charge in [0, 0.05) is 42.4 Å². The van der Waals surface area contributed by atoms with Crippen LogP contribution in [0.3, 0.4) is 0 Å². The first kappa shape index (κ1) is 17.2. The first-order valence-corrected chi connectivity index (χ1v) is 8.85. The molecule has 1 aromatic rings. The molecule has 5 heteroatoms. The van der Waals surface area contributed by atoms with E-state index in [1.165, 1.54) is 0 Å². The highest BCUT2D eigenvalue weighted by molar-refractivity contribution is 5.69. The van der Waals surface area contributed by atoms with Gasteiger partial charge in [-0.3, -0.25) is 4.98 Å². The van der Waals surface area contributed by atoms with E-state index in [1.54, 1.807) is 6.20 Å². The van der Waals surface area contributed by atoms with Gasteiger partial charge in [-0.2, -0.15) is 0 Å². The van der Waals surface area contributed by atoms with Crippen LogP contribution >= 0.6 is 0 Å². The minimum Gasteiger partial charge on any atom is -0.444 e. The van der Waals surface area contributed by atoms with Gasteiger partial charge in [-0.1, -0.05) is 6.07 Å². The van der Waals surface area contributed by atoms with E-state index >= 15 is 0 Å². The molecule has 2 aliphatic rings. The molecule has 3 rings (SSSR count). The molecule has 2 saturated heterocycles. The van der Waals surface area contributed by atoms with Crippen molar-refractivity contribution in [1.82, 2.24) is 9.88 Å². The van der Waals surface area contributed by atoms with E-state index in [0.717, 1.165) is 30.5 Å². The van der Waals surface area contributed by atoms with E-state index < -0.39 is 11.2 Å². The summed E-state index contributed by atoms with van der Waals surface area (Å²) < 4.78 is 5.60. The van der Waals surface area contributed by atoms with Crippen molar-refractivity contribution in [2.75, 3.05) is 0 Å². The highest BCUT2D eigenvalue weighted by atomic mass is 16.6. The standard InChI is InChI=1S/C19H28N2O3/c1-13-16(9-6-10-20-13)19(23)11-14-7-5-8-15(12-19)21(14)17(22)24-18(2,3)4/h6,9-10,14-15,23H,5,7-8,11-12H2,1-4H3. The minimum absolute atomic E-state index is 0.0250. The second kappa shape index (κ2) is 6.03. The molecule has 24 heavy (non-hydrogen) atoms. The van der Waals surface area contributed by atoms with E-state index in [2.05, 4.69) is 4.98 Å². The van der Waals surface area contributed by atoms with Gasteiger partial charge in [0.25, 0.3) is 0 Å². The summed E-state index contributed by atoms with van der Waals surface area (Å²) in [5.74, 6) is 0. The third kappa shape index (κ3) is 3.27. The monoisotopic (exact) mass is 332 g/mol. The maximum Gasteiger partial charge on any atom is 0.410 e. The van der Waals surface area contributed by atoms with Gasteiger partial charge in [0.15, 0.2) is 0 Å². The Balaban J connectivity index is 1.86. The number of aryl methyl sites for hydroxylation is 1. The largest absolute Gasteiger partial charge is 0.444 e. The maximum absolute atomic E-state index is 12.7. The van der Waals surface area contributed by atoms with Gasteiger partial charge < -0.3 is 14.7 Å². The van der Waals surface area contributed by atoms with Crippen LogP contribution < -0.4 is 0 Å². The van der Waals surface area contributed by atoms with E-state index in [9.17, 15) is 9.90 Å². The Labute approximate surface area is 144 Å². The fourth-order valence-corrected chi connectivity index (χ4v) is 4.24. The third-order valence-electron chi connectivity index (χ3n) is 5.12. The van der Waals surface area contributed by atoms with E-state index in [-0.39, 0.29) is 18.2 Å². The second-order valence-corrected chi connectivity index (χ2v) is 8.20. The van der Waals surface area contributed by atoms with Crippen molar-refractivity contribution in [3.63, 3.8) is 0 Å². The van der Waals surface area contributed by atoms with Crippen molar-refractivity contribution in [3.8, 4) is 0 Å². The van der Waals surface area contributed by atoms with Crippen LogP contribution in [0.1, 0.15) is 64.1 Å². The number of hydrogen-bond donors (Lipinski definition) is 1. The van der Waals surface area contributed by atoms with Crippen molar-refractivity contribution in [2.45, 2.75) is 83.1 Å². The zero-order valence-corrected chi connectivity index (χ0v) is 15.1. The molecule has 0 radical (unpaired) electrons. The number of pyridine rings is 1. The van der Waals surface area contributed by atoms with Crippen LogP contribution in [0.4, 0.5) is 4.79 Å². The van der Waals surface area contributed by atoms with Crippen LogP contribution in [0.2, 0.25) is 0 Å². The molecule has 0 aliphatic carbocycles. The molecule has 2 fully saturated rings. The number of ether oxygens (including phenoxy) is 1. The number of carbonyl (C=O) groups excluding carboxylic acids is 1. The number of hydrogen-bond acceptors (Lipinski definition) is 4. The summed E-state index contributed by atoms with van der Waals surface area (Å²) >= 11 is 0. The second-order valence-electron chi connectivity index (χ2n) is 8.20. The number of piperidine rings is 2. The minimum atomic E-state index is -0.910. The molecule has 2 aliphatic heterocycles. The quantitative estimate of drug-likeness (QED) is 0.854. The first-order chi connectivity index (χ1) is 11.2. The highest BCUT2D eigenvalue weighted by Crippen LogP contribution is 2.45. The Morgan fingerprint density at radius 2 is 1.96 bits per heavy atom. The van der Waals surface area contributed by atoms with Crippen molar-refractivity contribution in [3.05, 3.63) is 29.6 Å². The fraction of sp³-hybridized carbons (Fsp3) is 0.684. The average molecular weight is 332 g/mol. The number of nitrogens with zero attached hydrogens (tertiary/aromatic N) is 2. The van der Waals surface area contributed by atoms with E-state index in [1.807, 2.05) is 44.7 Å². The van der Waals surface area contributed by atoms with Gasteiger partial charge >= 0.3 is 6.09 Å². The molecule has 5 nitrogen and oxygen atoms in total. The molecule has 1 amide bonds. The average Bonchev–Trinajstić information content (AvgIpc) is 2.44. The summed E-state index contributed by atoms with van der Waals surface area (Å²) in [6.07, 6.45) is 5.52. The topological polar surface area (TPSA) is 62.7 Å². The predicted molar refractivity (Wildman–Crippen MR) is 91.6 cm³/mol. The number of aliphatic hydroxyl groups is 1. The van der Waals surface area contributed by atoms with E-state index in [0.29, 0.717) is 12.8 Å². The normalized spacial score (nSPS) is 30.1. The molecular weight excluding hydrogens is 304 g/mol. The van der Waals surface area contributed by atoms with Crippen molar-refractivity contribution in [1.29, 1.82) is 0 Å². The third-order valence-corrected chi connectivity index (χ3v) is 5.12. The summed E-state index contributed by atoms with van der Waals surface area (Å²) in [6.45, 7) is 7.60. The molecule has 2 bridgehead atoms. The van der Waals surface area contributed by atoms with Crippen LogP contribution in [-0.2, 0) is 10.3 Å². The van der Waals surface area contributed by atoms with Crippen molar-refractivity contribution >= 4 is 6.09 Å². The van der Waals surface area contributed by atoms with Crippen LogP contribution in [0, 0.1) is 6.92 Å². The molecule has 1 N–H and O–H groups in total.